The summed E-state index contributed by atoms with van der Waals surface area (Å²) in [6.07, 6.45) is 0. The predicted molar refractivity (Wildman–Crippen MR) is 106 cm³/mol. The SMILES string of the molecule is Cl[C]12[CH]3[C]4(c5ccc6ccccc6n5)[CH]5[C]1(c1ccccc1)[Fe]35421678[CH]2[CH]1[CH]6[CH]7[CH]28. The summed E-state index contributed by atoms with van der Waals surface area (Å²) < 4.78 is 1.26. The Balaban J connectivity index is 1.28. The maximum absolute atomic E-state index is 8.00. The molecule has 5 unspecified atom stereocenters. The fourth-order valence-corrected chi connectivity index (χ4v) is 102. The zero-order valence-electron chi connectivity index (χ0n) is 15.1. The number of halogens is 1. The van der Waals surface area contributed by atoms with E-state index in [1.807, 2.05) is 0 Å². The average molecular weight is 424 g/mol. The first-order valence-corrected chi connectivity index (χ1v) is 17.3. The molecule has 28 heavy (non-hydrogen) atoms. The summed E-state index contributed by atoms with van der Waals surface area (Å²) in [6.45, 7) is -3.92. The number of nitrogens with zero attached hydrogens (tertiary/aromatic N) is 1. The van der Waals surface area contributed by atoms with Crippen LogP contribution in [0.4, 0.5) is 0 Å². The zero-order chi connectivity index (χ0) is 17.7. The first kappa shape index (κ1) is 11.7. The van der Waals surface area contributed by atoms with Gasteiger partial charge in [-0.25, -0.2) is 0 Å². The van der Waals surface area contributed by atoms with Gasteiger partial charge in [0.15, 0.2) is 0 Å². The van der Waals surface area contributed by atoms with Gasteiger partial charge in [0.25, 0.3) is 0 Å². The average Bonchev–Trinajstić information content (AvgIpc) is 3.69. The quantitative estimate of drug-likeness (QED) is 0.349. The maximum atomic E-state index is 8.00. The van der Waals surface area contributed by atoms with Crippen molar-refractivity contribution in [2.24, 2.45) is 0 Å². The predicted octanol–water partition coefficient (Wildman–Crippen LogP) is 6.28. The van der Waals surface area contributed by atoms with Crippen molar-refractivity contribution in [1.29, 1.82) is 0 Å². The number of pyridine rings is 1. The van der Waals surface area contributed by atoms with Crippen LogP contribution in [0, 0.1) is 0 Å². The van der Waals surface area contributed by atoms with Crippen LogP contribution in [0.15, 0.2) is 66.7 Å². The number of para-hydroxylation sites is 1. The molecule has 5 atom stereocenters. The fourth-order valence-electron chi connectivity index (χ4n) is 20.0. The summed E-state index contributed by atoms with van der Waals surface area (Å²) in [5.74, 6) is 0. The van der Waals surface area contributed by atoms with Crippen LogP contribution in [0.3, 0.4) is 0 Å². The molecule has 0 aliphatic carbocycles. The van der Waals surface area contributed by atoms with E-state index in [0.29, 0.717) is 8.63 Å². The molecule has 1 nitrogen and oxygen atoms in total. The number of benzene rings is 2. The van der Waals surface area contributed by atoms with E-state index in [0.717, 1.165) is 33.7 Å². The Morgan fingerprint density at radius 2 is 1.43 bits per heavy atom. The minimum atomic E-state index is -3.92. The monoisotopic (exact) mass is 423 g/mol. The van der Waals surface area contributed by atoms with Crippen LogP contribution in [-0.2, 0) is 15.1 Å². The first-order valence-electron chi connectivity index (χ1n) is 10.8. The van der Waals surface area contributed by atoms with Gasteiger partial charge in [0.2, 0.25) is 0 Å². The first-order chi connectivity index (χ1) is 13.5. The summed E-state index contributed by atoms with van der Waals surface area (Å²) in [7, 11) is 0. The zero-order valence-corrected chi connectivity index (χ0v) is 16.9. The van der Waals surface area contributed by atoms with Crippen molar-refractivity contribution in [3.63, 3.8) is 0 Å². The second kappa shape index (κ2) is 1.37. The van der Waals surface area contributed by atoms with Gasteiger partial charge in [0, 0.05) is 0 Å². The molecule has 1 aromatic heterocycles. The van der Waals surface area contributed by atoms with E-state index in [-0.39, 0.29) is 3.77 Å². The Morgan fingerprint density at radius 3 is 2.11 bits per heavy atom. The van der Waals surface area contributed by atoms with Gasteiger partial charge in [-0.2, -0.15) is 0 Å². The van der Waals surface area contributed by atoms with E-state index in [4.69, 9.17) is 16.6 Å². The molecule has 11 heterocycles. The Hall–Kier alpha value is -1.34. The summed E-state index contributed by atoms with van der Waals surface area (Å²) in [5.41, 5.74) is 4.38. The summed E-state index contributed by atoms with van der Waals surface area (Å²) in [5, 5.41) is 1.29. The molecule has 1 spiro atoms. The van der Waals surface area contributed by atoms with Crippen LogP contribution in [-0.4, -0.2) is 8.76 Å². The molecule has 2 aromatic carbocycles. The van der Waals surface area contributed by atoms with E-state index >= 15 is 0 Å². The molecule has 0 saturated carbocycles. The summed E-state index contributed by atoms with van der Waals surface area (Å²) in [6, 6.07) is 25.2. The number of rotatable bonds is 2. The molecule has 10 aliphatic rings. The Kier molecular flexibility index (Phi) is 0.575. The van der Waals surface area contributed by atoms with Gasteiger partial charge in [0.05, 0.1) is 0 Å². The molecule has 13 rings (SSSR count). The molecular weight excluding hydrogens is 406 g/mol. The van der Waals surface area contributed by atoms with E-state index in [1.54, 1.807) is 5.56 Å². The molecule has 0 N–H and O–H groups in total. The van der Waals surface area contributed by atoms with Gasteiger partial charge in [-0.3, -0.25) is 0 Å². The molecule has 138 valence electrons. The molecule has 3 heteroatoms. The van der Waals surface area contributed by atoms with Crippen molar-refractivity contribution in [3.05, 3.63) is 78.0 Å². The number of fused-ring (bicyclic) bond motifs is 11. The molecule has 10 aliphatic heterocycles. The topological polar surface area (TPSA) is 12.9 Å². The van der Waals surface area contributed by atoms with Crippen LogP contribution >= 0.6 is 11.6 Å². The van der Waals surface area contributed by atoms with E-state index in [1.165, 1.54) is 16.6 Å². The van der Waals surface area contributed by atoms with Crippen molar-refractivity contribution in [2.45, 2.75) is 46.1 Å². The summed E-state index contributed by atoms with van der Waals surface area (Å²) >= 11 is 8.00. The third-order valence-corrected chi connectivity index (χ3v) is 64.1. The Labute approximate surface area is 157 Å². The van der Waals surface area contributed by atoms with Crippen LogP contribution in [0.25, 0.3) is 10.9 Å². The van der Waals surface area contributed by atoms with Gasteiger partial charge in [0.1, 0.15) is 0 Å². The van der Waals surface area contributed by atoms with E-state index in [9.17, 15) is 0 Å². The van der Waals surface area contributed by atoms with Gasteiger partial charge >= 0.3 is 158 Å². The molecule has 0 radical (unpaired) electrons. The van der Waals surface area contributed by atoms with Gasteiger partial charge < -0.3 is 0 Å². The Bertz CT molecular complexity index is 1840. The third-order valence-electron chi connectivity index (χ3n) is 18.0. The van der Waals surface area contributed by atoms with Crippen molar-refractivity contribution < 1.29 is 6.51 Å². The van der Waals surface area contributed by atoms with Crippen molar-refractivity contribution in [2.75, 3.05) is 0 Å². The molecule has 10 saturated heterocycles. The number of hydrogen-bond acceptors (Lipinski definition) is 1. The minimum absolute atomic E-state index is 0.260. The molecule has 0 bridgehead atoms. The van der Waals surface area contributed by atoms with E-state index < -0.39 is 6.51 Å². The molecular formula is C25H18ClFeN. The van der Waals surface area contributed by atoms with Crippen LogP contribution < -0.4 is 0 Å². The number of hydrogen-bond donors (Lipinski definition) is 0. The molecule has 3 aromatic rings. The fraction of sp³-hybridized carbons (Fsp3) is 0.400. The summed E-state index contributed by atoms with van der Waals surface area (Å²) in [4.78, 5) is 13.0. The van der Waals surface area contributed by atoms with Crippen molar-refractivity contribution >= 4 is 22.5 Å². The van der Waals surface area contributed by atoms with Gasteiger partial charge in [-0.1, -0.05) is 0 Å². The molecule has 0 amide bonds. The third kappa shape index (κ3) is 0.178. The normalized spacial score (nSPS) is 82.2. The van der Waals surface area contributed by atoms with Crippen molar-refractivity contribution in [3.8, 4) is 0 Å². The standard InChI is InChI=1S/C20H13ClN.C5H5.Fe/c21-18-13-16(12-17(18)14-6-2-1-3-7-14)20-11-10-15-8-4-5-9-19(15)22-20;1-2-4-5-3-1;/h1-13H;1-5H;. The van der Waals surface area contributed by atoms with Crippen LogP contribution in [0.2, 0.25) is 33.7 Å². The number of alkyl halides is 1. The van der Waals surface area contributed by atoms with E-state index in [2.05, 4.69) is 66.7 Å². The second-order valence-corrected chi connectivity index (χ2v) is 37.3. The number of aromatic nitrogens is 1. The molecule has 10 fully saturated rings. The Morgan fingerprint density at radius 1 is 0.750 bits per heavy atom. The van der Waals surface area contributed by atoms with Crippen molar-refractivity contribution in [1.82, 2.24) is 4.98 Å². The van der Waals surface area contributed by atoms with Gasteiger partial charge in [-0.15, -0.1) is 0 Å². The second-order valence-electron chi connectivity index (χ2n) is 13.5. The van der Waals surface area contributed by atoms with Crippen LogP contribution in [0.5, 0.6) is 0 Å². The van der Waals surface area contributed by atoms with Gasteiger partial charge in [-0.05, 0) is 0 Å². The van der Waals surface area contributed by atoms with Crippen LogP contribution in [0.1, 0.15) is 11.3 Å².